The lowest BCUT2D eigenvalue weighted by Crippen LogP contribution is -2.38. The van der Waals surface area contributed by atoms with Crippen LogP contribution < -0.4 is 9.64 Å². The van der Waals surface area contributed by atoms with Gasteiger partial charge in [0, 0.05) is 26.2 Å². The minimum absolute atomic E-state index is 0.225. The molecule has 2 heterocycles. The maximum absolute atomic E-state index is 12.5. The third kappa shape index (κ3) is 4.72. The highest BCUT2D eigenvalue weighted by Crippen LogP contribution is 2.39. The standard InChI is InChI=1S/C22H34N2O4/c1-6-26-13-11-23-12-14-27-19-15-17-7-9-24(21(25)28-22(3,4)5)10-8-18(17)16(2)20(19)23/h15H,6-14H2,1-5H3. The molecule has 0 unspecified atom stereocenters. The molecule has 0 aliphatic carbocycles. The first-order valence-electron chi connectivity index (χ1n) is 10.4. The minimum atomic E-state index is -0.472. The minimum Gasteiger partial charge on any atom is -0.490 e. The summed E-state index contributed by atoms with van der Waals surface area (Å²) in [6, 6.07) is 2.18. The average Bonchev–Trinajstić information content (AvgIpc) is 2.83. The fourth-order valence-corrected chi connectivity index (χ4v) is 4.00. The average molecular weight is 391 g/mol. The molecular formula is C22H34N2O4. The van der Waals surface area contributed by atoms with Crippen LogP contribution in [-0.2, 0) is 22.3 Å². The maximum Gasteiger partial charge on any atom is 0.410 e. The Morgan fingerprint density at radius 1 is 1.21 bits per heavy atom. The van der Waals surface area contributed by atoms with Gasteiger partial charge < -0.3 is 24.0 Å². The normalized spacial score (nSPS) is 16.8. The molecule has 0 bridgehead atoms. The molecule has 0 saturated carbocycles. The van der Waals surface area contributed by atoms with E-state index >= 15 is 0 Å². The second-order valence-corrected chi connectivity index (χ2v) is 8.49. The first-order valence-corrected chi connectivity index (χ1v) is 10.4. The highest BCUT2D eigenvalue weighted by molar-refractivity contribution is 5.71. The van der Waals surface area contributed by atoms with Gasteiger partial charge in [-0.15, -0.1) is 0 Å². The molecule has 2 aliphatic rings. The smallest absolute Gasteiger partial charge is 0.410 e. The van der Waals surface area contributed by atoms with Crippen LogP contribution in [0.2, 0.25) is 0 Å². The van der Waals surface area contributed by atoms with Gasteiger partial charge in [0.25, 0.3) is 0 Å². The number of ether oxygens (including phenoxy) is 3. The molecule has 2 aliphatic heterocycles. The SMILES string of the molecule is CCOCCN1CCOc2cc3c(c(C)c21)CCN(C(=O)OC(C)(C)C)CC3. The van der Waals surface area contributed by atoms with Crippen molar-refractivity contribution in [1.82, 2.24) is 4.90 Å². The second-order valence-electron chi connectivity index (χ2n) is 8.49. The van der Waals surface area contributed by atoms with Gasteiger partial charge in [-0.1, -0.05) is 0 Å². The first-order chi connectivity index (χ1) is 13.3. The predicted molar refractivity (Wildman–Crippen MR) is 111 cm³/mol. The van der Waals surface area contributed by atoms with Crippen LogP contribution in [0.3, 0.4) is 0 Å². The lowest BCUT2D eigenvalue weighted by atomic mass is 9.94. The zero-order valence-electron chi connectivity index (χ0n) is 18.0. The van der Waals surface area contributed by atoms with Gasteiger partial charge >= 0.3 is 6.09 Å². The van der Waals surface area contributed by atoms with E-state index < -0.39 is 5.60 Å². The molecule has 0 atom stereocenters. The molecule has 0 N–H and O–H groups in total. The molecule has 0 aromatic heterocycles. The molecule has 1 amide bonds. The summed E-state index contributed by atoms with van der Waals surface area (Å²) in [4.78, 5) is 16.7. The Morgan fingerprint density at radius 2 is 1.96 bits per heavy atom. The Hall–Kier alpha value is -1.95. The molecular weight excluding hydrogens is 356 g/mol. The van der Waals surface area contributed by atoms with E-state index in [9.17, 15) is 4.79 Å². The van der Waals surface area contributed by atoms with E-state index in [1.807, 2.05) is 32.6 Å². The third-order valence-corrected chi connectivity index (χ3v) is 5.31. The largest absolute Gasteiger partial charge is 0.490 e. The number of rotatable bonds is 4. The van der Waals surface area contributed by atoms with Crippen LogP contribution in [0.25, 0.3) is 0 Å². The number of amides is 1. The van der Waals surface area contributed by atoms with Gasteiger partial charge in [-0.05, 0) is 70.2 Å². The zero-order chi connectivity index (χ0) is 20.3. The number of hydrogen-bond donors (Lipinski definition) is 0. The molecule has 0 spiro atoms. The zero-order valence-corrected chi connectivity index (χ0v) is 18.0. The Kier molecular flexibility index (Phi) is 6.38. The molecule has 1 aromatic rings. The number of hydrogen-bond acceptors (Lipinski definition) is 5. The summed E-state index contributed by atoms with van der Waals surface area (Å²) in [5.74, 6) is 0.963. The van der Waals surface area contributed by atoms with Crippen molar-refractivity contribution in [3.8, 4) is 5.75 Å². The van der Waals surface area contributed by atoms with Crippen molar-refractivity contribution in [3.63, 3.8) is 0 Å². The van der Waals surface area contributed by atoms with Crippen LogP contribution in [-0.4, -0.2) is 62.6 Å². The van der Waals surface area contributed by atoms with Gasteiger partial charge in [-0.25, -0.2) is 4.79 Å². The van der Waals surface area contributed by atoms with Crippen molar-refractivity contribution in [2.75, 3.05) is 50.9 Å². The van der Waals surface area contributed by atoms with Gasteiger partial charge in [0.05, 0.1) is 18.8 Å². The van der Waals surface area contributed by atoms with Crippen molar-refractivity contribution >= 4 is 11.8 Å². The summed E-state index contributed by atoms with van der Waals surface area (Å²) >= 11 is 0. The van der Waals surface area contributed by atoms with Crippen molar-refractivity contribution in [3.05, 3.63) is 22.8 Å². The lowest BCUT2D eigenvalue weighted by Gasteiger charge is -2.34. The van der Waals surface area contributed by atoms with Crippen LogP contribution >= 0.6 is 0 Å². The monoisotopic (exact) mass is 390 g/mol. The van der Waals surface area contributed by atoms with Gasteiger partial charge in [0.15, 0.2) is 0 Å². The van der Waals surface area contributed by atoms with Crippen molar-refractivity contribution in [1.29, 1.82) is 0 Å². The molecule has 3 rings (SSSR count). The van der Waals surface area contributed by atoms with E-state index in [-0.39, 0.29) is 6.09 Å². The van der Waals surface area contributed by atoms with Crippen molar-refractivity contribution in [2.45, 2.75) is 53.1 Å². The predicted octanol–water partition coefficient (Wildman–Crippen LogP) is 3.57. The molecule has 0 radical (unpaired) electrons. The fourth-order valence-electron chi connectivity index (χ4n) is 4.00. The van der Waals surface area contributed by atoms with Crippen LogP contribution in [0.15, 0.2) is 6.07 Å². The van der Waals surface area contributed by atoms with Crippen LogP contribution in [0.1, 0.15) is 44.4 Å². The van der Waals surface area contributed by atoms with E-state index in [0.717, 1.165) is 44.9 Å². The van der Waals surface area contributed by atoms with Crippen LogP contribution in [0, 0.1) is 6.92 Å². The molecule has 156 valence electrons. The molecule has 0 saturated heterocycles. The maximum atomic E-state index is 12.5. The second kappa shape index (κ2) is 8.60. The number of anilines is 1. The van der Waals surface area contributed by atoms with Gasteiger partial charge in [-0.2, -0.15) is 0 Å². The van der Waals surface area contributed by atoms with E-state index in [1.165, 1.54) is 22.4 Å². The molecule has 0 fully saturated rings. The topological polar surface area (TPSA) is 51.2 Å². The van der Waals surface area contributed by atoms with Crippen molar-refractivity contribution < 1.29 is 19.0 Å². The van der Waals surface area contributed by atoms with E-state index in [2.05, 4.69) is 17.9 Å². The molecule has 6 nitrogen and oxygen atoms in total. The highest BCUT2D eigenvalue weighted by atomic mass is 16.6. The number of benzene rings is 1. The molecule has 1 aromatic carbocycles. The Balaban J connectivity index is 1.80. The van der Waals surface area contributed by atoms with Gasteiger partial charge in [0.2, 0.25) is 0 Å². The Bertz CT molecular complexity index is 711. The summed E-state index contributed by atoms with van der Waals surface area (Å²) < 4.78 is 17.1. The first kappa shape index (κ1) is 20.8. The summed E-state index contributed by atoms with van der Waals surface area (Å²) in [5.41, 5.74) is 4.62. The third-order valence-electron chi connectivity index (χ3n) is 5.31. The summed E-state index contributed by atoms with van der Waals surface area (Å²) in [5, 5.41) is 0. The lowest BCUT2D eigenvalue weighted by molar-refractivity contribution is 0.0258. The summed E-state index contributed by atoms with van der Waals surface area (Å²) in [6.45, 7) is 15.2. The number of fused-ring (bicyclic) bond motifs is 2. The quantitative estimate of drug-likeness (QED) is 0.736. The number of nitrogens with zero attached hydrogens (tertiary/aromatic N) is 2. The van der Waals surface area contributed by atoms with Crippen molar-refractivity contribution in [2.24, 2.45) is 0 Å². The summed E-state index contributed by atoms with van der Waals surface area (Å²) in [7, 11) is 0. The van der Waals surface area contributed by atoms with Crippen LogP contribution in [0.4, 0.5) is 10.5 Å². The Labute approximate surface area is 168 Å². The number of carbonyl (C=O) groups is 1. The summed E-state index contributed by atoms with van der Waals surface area (Å²) in [6.07, 6.45) is 1.44. The van der Waals surface area contributed by atoms with E-state index in [1.54, 1.807) is 0 Å². The van der Waals surface area contributed by atoms with E-state index in [0.29, 0.717) is 19.7 Å². The fraction of sp³-hybridized carbons (Fsp3) is 0.682. The van der Waals surface area contributed by atoms with E-state index in [4.69, 9.17) is 14.2 Å². The number of carbonyl (C=O) groups excluding carboxylic acids is 1. The highest BCUT2D eigenvalue weighted by Gasteiger charge is 2.28. The van der Waals surface area contributed by atoms with Gasteiger partial charge in [0.1, 0.15) is 18.0 Å². The Morgan fingerprint density at radius 3 is 2.68 bits per heavy atom. The molecule has 28 heavy (non-hydrogen) atoms. The van der Waals surface area contributed by atoms with Gasteiger partial charge in [-0.3, -0.25) is 0 Å². The van der Waals surface area contributed by atoms with Crippen LogP contribution in [0.5, 0.6) is 5.75 Å². The molecule has 6 heteroatoms.